The second kappa shape index (κ2) is 12.4. The van der Waals surface area contributed by atoms with Crippen LogP contribution in [0, 0.1) is 0 Å². The first-order valence-corrected chi connectivity index (χ1v) is 13.6. The van der Waals surface area contributed by atoms with Crippen LogP contribution < -0.4 is 35.6 Å². The van der Waals surface area contributed by atoms with Crippen LogP contribution in [-0.4, -0.2) is 45.2 Å². The van der Waals surface area contributed by atoms with Crippen LogP contribution in [0.25, 0.3) is 11.1 Å². The van der Waals surface area contributed by atoms with Crippen molar-refractivity contribution in [2.24, 2.45) is 0 Å². The van der Waals surface area contributed by atoms with Crippen LogP contribution >= 0.6 is 0 Å². The molecule has 39 heavy (non-hydrogen) atoms. The van der Waals surface area contributed by atoms with E-state index in [2.05, 4.69) is 16.0 Å². The number of carbonyl (C=O) groups excluding carboxylic acids is 2. The molecule has 0 heterocycles. The molecule has 3 N–H and O–H groups in total. The predicted octanol–water partition coefficient (Wildman–Crippen LogP) is 4.11. The van der Waals surface area contributed by atoms with Crippen LogP contribution in [0.5, 0.6) is 17.2 Å². The molecule has 0 saturated heterocycles. The Bertz CT molecular complexity index is 1290. The molecule has 2 aliphatic rings. The van der Waals surface area contributed by atoms with Crippen molar-refractivity contribution in [2.75, 3.05) is 26.6 Å². The molecule has 9 heteroatoms. The standard InChI is InChI=1S/C30H39N3O6/c1-17(30(36)33-20-9-7-6-8-10-20)31-24-14-12-21-22(16-25(24)35)23(32-18(2)34)13-11-19-15-26(37-3)28(38-4)29(39-5)27(19)21/h12,14-17,20,23H,6-11,13H2,1-5H3,(H,31,35)(H,32,34)(H,33,36)/t17-,23-/m0/s1. The SMILES string of the molecule is COc1cc2c(c(OC)c1OC)-c1ccc(N[C@@H](C)C(=O)NC3CCCCC3)c(=O)cc1[C@@H](NC(C)=O)CC2. The first-order valence-electron chi connectivity index (χ1n) is 13.6. The number of hydrogen-bond acceptors (Lipinski definition) is 7. The van der Waals surface area contributed by atoms with E-state index in [1.54, 1.807) is 40.4 Å². The molecule has 2 aliphatic carbocycles. The average Bonchev–Trinajstić information content (AvgIpc) is 3.16. The lowest BCUT2D eigenvalue weighted by Gasteiger charge is -2.24. The second-order valence-electron chi connectivity index (χ2n) is 10.3. The van der Waals surface area contributed by atoms with Gasteiger partial charge in [-0.15, -0.1) is 0 Å². The zero-order chi connectivity index (χ0) is 28.1. The van der Waals surface area contributed by atoms with Gasteiger partial charge in [-0.3, -0.25) is 14.4 Å². The molecule has 4 rings (SSSR count). The number of aryl methyl sites for hydroxylation is 1. The van der Waals surface area contributed by atoms with Crippen molar-refractivity contribution >= 4 is 17.5 Å². The molecule has 0 bridgehead atoms. The molecule has 9 nitrogen and oxygen atoms in total. The Morgan fingerprint density at radius 2 is 1.64 bits per heavy atom. The molecule has 0 aromatic heterocycles. The minimum atomic E-state index is -0.598. The van der Waals surface area contributed by atoms with Crippen LogP contribution in [0.1, 0.15) is 69.5 Å². The number of anilines is 1. The summed E-state index contributed by atoms with van der Waals surface area (Å²) >= 11 is 0. The lowest BCUT2D eigenvalue weighted by Crippen LogP contribution is -2.44. The normalized spacial score (nSPS) is 17.5. The third-order valence-electron chi connectivity index (χ3n) is 7.63. The Labute approximate surface area is 229 Å². The Kier molecular flexibility index (Phi) is 8.99. The molecule has 210 valence electrons. The molecule has 2 atom stereocenters. The molecule has 2 aromatic carbocycles. The van der Waals surface area contributed by atoms with Gasteiger partial charge in [0.15, 0.2) is 11.5 Å². The van der Waals surface area contributed by atoms with Crippen LogP contribution in [0.3, 0.4) is 0 Å². The number of benzene rings is 1. The fourth-order valence-corrected chi connectivity index (χ4v) is 5.70. The first kappa shape index (κ1) is 28.3. The van der Waals surface area contributed by atoms with Gasteiger partial charge in [-0.1, -0.05) is 25.3 Å². The number of fused-ring (bicyclic) bond motifs is 3. The number of methoxy groups -OCH3 is 3. The third kappa shape index (κ3) is 6.13. The second-order valence-corrected chi connectivity index (χ2v) is 10.3. The highest BCUT2D eigenvalue weighted by Gasteiger charge is 2.29. The molecule has 0 unspecified atom stereocenters. The van der Waals surface area contributed by atoms with Gasteiger partial charge in [0.25, 0.3) is 0 Å². The molecule has 1 saturated carbocycles. The largest absolute Gasteiger partial charge is 0.493 e. The van der Waals surface area contributed by atoms with E-state index in [1.165, 1.54) is 13.3 Å². The smallest absolute Gasteiger partial charge is 0.242 e. The predicted molar refractivity (Wildman–Crippen MR) is 151 cm³/mol. The zero-order valence-corrected chi connectivity index (χ0v) is 23.4. The van der Waals surface area contributed by atoms with Gasteiger partial charge in [-0.2, -0.15) is 0 Å². The highest BCUT2D eigenvalue weighted by Crippen LogP contribution is 2.50. The maximum absolute atomic E-state index is 13.5. The van der Waals surface area contributed by atoms with Crippen molar-refractivity contribution in [1.29, 1.82) is 0 Å². The van der Waals surface area contributed by atoms with Crippen molar-refractivity contribution in [3.05, 3.63) is 45.6 Å². The van der Waals surface area contributed by atoms with Crippen molar-refractivity contribution in [3.63, 3.8) is 0 Å². The maximum atomic E-state index is 13.5. The van der Waals surface area contributed by atoms with Gasteiger partial charge >= 0.3 is 0 Å². The molecule has 2 amide bonds. The fourth-order valence-electron chi connectivity index (χ4n) is 5.70. The Morgan fingerprint density at radius 1 is 0.923 bits per heavy atom. The maximum Gasteiger partial charge on any atom is 0.242 e. The average molecular weight is 538 g/mol. The summed E-state index contributed by atoms with van der Waals surface area (Å²) in [5.74, 6) is 1.16. The van der Waals surface area contributed by atoms with Gasteiger partial charge in [0.2, 0.25) is 23.0 Å². The minimum absolute atomic E-state index is 0.130. The highest BCUT2D eigenvalue weighted by atomic mass is 16.5. The van der Waals surface area contributed by atoms with Gasteiger partial charge in [-0.25, -0.2) is 0 Å². The summed E-state index contributed by atoms with van der Waals surface area (Å²) in [7, 11) is 4.68. The van der Waals surface area contributed by atoms with Crippen molar-refractivity contribution in [2.45, 2.75) is 76.9 Å². The topological polar surface area (TPSA) is 115 Å². The van der Waals surface area contributed by atoms with Crippen molar-refractivity contribution < 1.29 is 23.8 Å². The number of carbonyl (C=O) groups is 2. The fraction of sp³-hybridized carbons (Fsp3) is 0.500. The van der Waals surface area contributed by atoms with E-state index >= 15 is 0 Å². The Balaban J connectivity index is 1.79. The molecule has 0 radical (unpaired) electrons. The number of amides is 2. The van der Waals surface area contributed by atoms with E-state index in [-0.39, 0.29) is 23.3 Å². The van der Waals surface area contributed by atoms with E-state index in [0.29, 0.717) is 41.3 Å². The van der Waals surface area contributed by atoms with Gasteiger partial charge in [0, 0.05) is 18.5 Å². The van der Waals surface area contributed by atoms with Crippen LogP contribution in [0.2, 0.25) is 0 Å². The van der Waals surface area contributed by atoms with Crippen LogP contribution in [0.15, 0.2) is 29.1 Å². The molecule has 0 spiro atoms. The van der Waals surface area contributed by atoms with Crippen molar-refractivity contribution in [1.82, 2.24) is 10.6 Å². The summed E-state index contributed by atoms with van der Waals surface area (Å²) in [5, 5.41) is 9.24. The van der Waals surface area contributed by atoms with Crippen molar-refractivity contribution in [3.8, 4) is 28.4 Å². The Hall–Kier alpha value is -3.75. The quantitative estimate of drug-likeness (QED) is 0.464. The van der Waals surface area contributed by atoms with E-state index in [0.717, 1.165) is 42.4 Å². The van der Waals surface area contributed by atoms with Gasteiger partial charge in [0.05, 0.1) is 33.1 Å². The summed E-state index contributed by atoms with van der Waals surface area (Å²) in [6, 6.07) is 6.19. The molecular formula is C30H39N3O6. The molecule has 1 fully saturated rings. The van der Waals surface area contributed by atoms with Crippen LogP contribution in [-0.2, 0) is 16.0 Å². The van der Waals surface area contributed by atoms with E-state index in [9.17, 15) is 14.4 Å². The van der Waals surface area contributed by atoms with E-state index in [1.807, 2.05) is 12.1 Å². The molecule has 0 aliphatic heterocycles. The summed E-state index contributed by atoms with van der Waals surface area (Å²) in [5.41, 5.74) is 3.17. The van der Waals surface area contributed by atoms with Crippen LogP contribution in [0.4, 0.5) is 5.69 Å². The number of hydrogen-bond donors (Lipinski definition) is 3. The summed E-state index contributed by atoms with van der Waals surface area (Å²) in [4.78, 5) is 38.5. The number of ether oxygens (including phenoxy) is 3. The van der Waals surface area contributed by atoms with Gasteiger partial charge < -0.3 is 30.2 Å². The van der Waals surface area contributed by atoms with E-state index < -0.39 is 12.1 Å². The van der Waals surface area contributed by atoms with Gasteiger partial charge in [-0.05, 0) is 67.5 Å². The molecule has 2 aromatic rings. The Morgan fingerprint density at radius 3 is 2.28 bits per heavy atom. The van der Waals surface area contributed by atoms with Gasteiger partial charge in [0.1, 0.15) is 6.04 Å². The number of rotatable bonds is 8. The summed E-state index contributed by atoms with van der Waals surface area (Å²) < 4.78 is 17.0. The zero-order valence-electron chi connectivity index (χ0n) is 23.4. The molecular weight excluding hydrogens is 498 g/mol. The minimum Gasteiger partial charge on any atom is -0.493 e. The monoisotopic (exact) mass is 537 g/mol. The lowest BCUT2D eigenvalue weighted by atomic mass is 9.95. The first-order chi connectivity index (χ1) is 18.8. The highest BCUT2D eigenvalue weighted by molar-refractivity contribution is 5.86. The lowest BCUT2D eigenvalue weighted by molar-refractivity contribution is -0.122. The summed E-state index contributed by atoms with van der Waals surface area (Å²) in [6.07, 6.45) is 6.61. The number of nitrogens with one attached hydrogen (secondary N) is 3. The summed E-state index contributed by atoms with van der Waals surface area (Å²) in [6.45, 7) is 3.22. The third-order valence-corrected chi connectivity index (χ3v) is 7.63. The van der Waals surface area contributed by atoms with E-state index in [4.69, 9.17) is 14.2 Å².